The molecule has 19 heavy (non-hydrogen) atoms. The number of hydrazine groups is 1. The molecule has 106 valence electrons. The molecule has 0 saturated heterocycles. The highest BCUT2D eigenvalue weighted by molar-refractivity contribution is 5.91. The number of aromatic nitrogens is 1. The smallest absolute Gasteiger partial charge is 0.359 e. The van der Waals surface area contributed by atoms with E-state index in [0.29, 0.717) is 0 Å². The summed E-state index contributed by atoms with van der Waals surface area (Å²) in [5.74, 6) is 4.47. The van der Waals surface area contributed by atoms with Crippen LogP contribution in [-0.2, 0) is 6.54 Å². The lowest BCUT2D eigenvalue weighted by Crippen LogP contribution is -2.35. The highest BCUT2D eigenvalue weighted by atomic mass is 19.4. The number of rotatable bonds is 5. The van der Waals surface area contributed by atoms with Gasteiger partial charge in [-0.15, -0.1) is 0 Å². The summed E-state index contributed by atoms with van der Waals surface area (Å²) >= 11 is 0. The number of alkyl halides is 3. The van der Waals surface area contributed by atoms with Crippen molar-refractivity contribution < 1.29 is 22.5 Å². The van der Waals surface area contributed by atoms with E-state index in [-0.39, 0.29) is 24.0 Å². The second-order valence-electron chi connectivity index (χ2n) is 4.40. The van der Waals surface area contributed by atoms with Gasteiger partial charge < -0.3 is 4.52 Å². The Labute approximate surface area is 106 Å². The maximum Gasteiger partial charge on any atom is 0.401 e. The number of carbonyl (C=O) groups excluding carboxylic acids is 1. The lowest BCUT2D eigenvalue weighted by atomic mass is 10.3. The van der Waals surface area contributed by atoms with E-state index in [2.05, 4.69) is 5.16 Å². The van der Waals surface area contributed by atoms with Crippen molar-refractivity contribution in [3.8, 4) is 0 Å². The summed E-state index contributed by atoms with van der Waals surface area (Å²) in [4.78, 5) is 12.4. The molecule has 0 bridgehead atoms. The molecule has 1 aromatic rings. The average molecular weight is 278 g/mol. The molecule has 3 N–H and O–H groups in total. The Hall–Kier alpha value is -1.61. The van der Waals surface area contributed by atoms with Crippen molar-refractivity contribution in [3.63, 3.8) is 0 Å². The van der Waals surface area contributed by atoms with Crippen LogP contribution in [0.25, 0.3) is 0 Å². The number of amides is 1. The van der Waals surface area contributed by atoms with Crippen molar-refractivity contribution >= 4 is 5.91 Å². The van der Waals surface area contributed by atoms with Crippen molar-refractivity contribution in [3.05, 3.63) is 17.5 Å². The second kappa shape index (κ2) is 5.17. The fourth-order valence-electron chi connectivity index (χ4n) is 1.75. The molecular formula is C10H13F3N4O2. The van der Waals surface area contributed by atoms with Gasteiger partial charge in [-0.25, -0.2) is 5.84 Å². The molecule has 2 rings (SSSR count). The van der Waals surface area contributed by atoms with Crippen LogP contribution in [0.3, 0.4) is 0 Å². The lowest BCUT2D eigenvalue weighted by Gasteiger charge is -2.21. The fraction of sp³-hybridized carbons (Fsp3) is 0.600. The summed E-state index contributed by atoms with van der Waals surface area (Å²) in [7, 11) is 0. The molecule has 1 aliphatic rings. The van der Waals surface area contributed by atoms with Crippen LogP contribution < -0.4 is 11.3 Å². The highest BCUT2D eigenvalue weighted by Crippen LogP contribution is 2.31. The third-order valence-electron chi connectivity index (χ3n) is 2.73. The molecule has 6 nitrogen and oxygen atoms in total. The van der Waals surface area contributed by atoms with Crippen LogP contribution in [0.15, 0.2) is 10.6 Å². The minimum atomic E-state index is -4.26. The minimum absolute atomic E-state index is 0.0327. The molecule has 1 fully saturated rings. The zero-order valence-electron chi connectivity index (χ0n) is 9.91. The van der Waals surface area contributed by atoms with Crippen molar-refractivity contribution in [2.45, 2.75) is 31.6 Å². The van der Waals surface area contributed by atoms with Crippen LogP contribution in [0.2, 0.25) is 0 Å². The van der Waals surface area contributed by atoms with Gasteiger partial charge in [-0.3, -0.25) is 15.1 Å². The van der Waals surface area contributed by atoms with Crippen LogP contribution in [0.5, 0.6) is 0 Å². The molecule has 0 radical (unpaired) electrons. The highest BCUT2D eigenvalue weighted by Gasteiger charge is 2.38. The maximum absolute atomic E-state index is 12.4. The Morgan fingerprint density at radius 1 is 1.58 bits per heavy atom. The van der Waals surface area contributed by atoms with E-state index in [9.17, 15) is 18.0 Å². The van der Waals surface area contributed by atoms with Crippen LogP contribution in [0.4, 0.5) is 13.2 Å². The van der Waals surface area contributed by atoms with E-state index in [4.69, 9.17) is 10.4 Å². The fourth-order valence-corrected chi connectivity index (χ4v) is 1.75. The third-order valence-corrected chi connectivity index (χ3v) is 2.73. The molecule has 9 heteroatoms. The first-order chi connectivity index (χ1) is 8.89. The van der Waals surface area contributed by atoms with E-state index >= 15 is 0 Å². The summed E-state index contributed by atoms with van der Waals surface area (Å²) in [6, 6.07) is 1.20. The van der Waals surface area contributed by atoms with Gasteiger partial charge in [-0.05, 0) is 12.8 Å². The zero-order valence-corrected chi connectivity index (χ0v) is 9.91. The normalized spacial score (nSPS) is 15.8. The summed E-state index contributed by atoms with van der Waals surface area (Å²) in [5.41, 5.74) is 1.81. The van der Waals surface area contributed by atoms with E-state index in [1.165, 1.54) is 11.0 Å². The van der Waals surface area contributed by atoms with Crippen molar-refractivity contribution in [2.75, 3.05) is 6.54 Å². The number of nitrogens with two attached hydrogens (primary N) is 1. The number of hydrogen-bond acceptors (Lipinski definition) is 5. The number of nitrogens with one attached hydrogen (secondary N) is 1. The molecule has 0 spiro atoms. The maximum atomic E-state index is 12.4. The van der Waals surface area contributed by atoms with Gasteiger partial charge in [0.25, 0.3) is 5.91 Å². The topological polar surface area (TPSA) is 84.4 Å². The molecule has 1 aliphatic carbocycles. The van der Waals surface area contributed by atoms with Crippen LogP contribution in [0.1, 0.15) is 29.1 Å². The van der Waals surface area contributed by atoms with Crippen LogP contribution in [0, 0.1) is 0 Å². The van der Waals surface area contributed by atoms with Gasteiger partial charge in [0.1, 0.15) is 0 Å². The van der Waals surface area contributed by atoms with E-state index in [1.807, 2.05) is 5.43 Å². The molecule has 1 aromatic heterocycles. The van der Waals surface area contributed by atoms with E-state index < -0.39 is 18.6 Å². The van der Waals surface area contributed by atoms with Crippen molar-refractivity contribution in [1.82, 2.24) is 15.5 Å². The standard InChI is InChI=1S/C10H13F3N4O2/c11-10(12,13)5-17(6-1-2-6)4-7-3-8(16-19-7)9(18)15-14/h3,6H,1-2,4-5,14H2,(H,15,18). The number of carbonyl (C=O) groups is 1. The Balaban J connectivity index is 2.01. The van der Waals surface area contributed by atoms with Crippen LogP contribution in [-0.4, -0.2) is 34.7 Å². The predicted molar refractivity (Wildman–Crippen MR) is 57.6 cm³/mol. The molecule has 1 amide bonds. The van der Waals surface area contributed by atoms with E-state index in [1.54, 1.807) is 0 Å². The number of halogens is 3. The second-order valence-corrected chi connectivity index (χ2v) is 4.40. The van der Waals surface area contributed by atoms with Gasteiger partial charge in [0.05, 0.1) is 13.1 Å². The monoisotopic (exact) mass is 278 g/mol. The summed E-state index contributed by atoms with van der Waals surface area (Å²) < 4.78 is 42.1. The Morgan fingerprint density at radius 2 is 2.26 bits per heavy atom. The number of nitrogen functional groups attached to an aromatic ring is 1. The van der Waals surface area contributed by atoms with Gasteiger partial charge in [-0.2, -0.15) is 13.2 Å². The molecule has 0 aromatic carbocycles. The van der Waals surface area contributed by atoms with Crippen LogP contribution >= 0.6 is 0 Å². The SMILES string of the molecule is NNC(=O)c1cc(CN(CC(F)(F)F)C2CC2)on1. The molecule has 0 aliphatic heterocycles. The van der Waals surface area contributed by atoms with Gasteiger partial charge >= 0.3 is 6.18 Å². The average Bonchev–Trinajstić information content (AvgIpc) is 3.07. The Kier molecular flexibility index (Phi) is 3.76. The number of nitrogens with zero attached hydrogens (tertiary/aromatic N) is 2. The predicted octanol–water partition coefficient (Wildman–Crippen LogP) is 0.805. The molecule has 1 saturated carbocycles. The van der Waals surface area contributed by atoms with Crippen molar-refractivity contribution in [1.29, 1.82) is 0 Å². The first-order valence-corrected chi connectivity index (χ1v) is 5.66. The quantitative estimate of drug-likeness (QED) is 0.473. The summed E-state index contributed by atoms with van der Waals surface area (Å²) in [6.07, 6.45) is -2.79. The molecule has 0 unspecified atom stereocenters. The van der Waals surface area contributed by atoms with Gasteiger partial charge in [0.2, 0.25) is 0 Å². The molecular weight excluding hydrogens is 265 g/mol. The van der Waals surface area contributed by atoms with E-state index in [0.717, 1.165) is 12.8 Å². The van der Waals surface area contributed by atoms with Gasteiger partial charge in [-0.1, -0.05) is 5.16 Å². The zero-order chi connectivity index (χ0) is 14.0. The van der Waals surface area contributed by atoms with Gasteiger partial charge in [0.15, 0.2) is 11.5 Å². The largest absolute Gasteiger partial charge is 0.401 e. The third kappa shape index (κ3) is 3.93. The summed E-state index contributed by atoms with van der Waals surface area (Å²) in [5, 5.41) is 3.44. The number of hydrogen-bond donors (Lipinski definition) is 2. The Morgan fingerprint density at radius 3 is 2.79 bits per heavy atom. The Bertz CT molecular complexity index is 456. The van der Waals surface area contributed by atoms with Gasteiger partial charge in [0, 0.05) is 12.1 Å². The first kappa shape index (κ1) is 13.8. The lowest BCUT2D eigenvalue weighted by molar-refractivity contribution is -0.149. The first-order valence-electron chi connectivity index (χ1n) is 5.66. The molecule has 1 heterocycles. The molecule has 0 atom stereocenters. The summed E-state index contributed by atoms with van der Waals surface area (Å²) in [6.45, 7) is -1.04. The minimum Gasteiger partial charge on any atom is -0.359 e. The van der Waals surface area contributed by atoms with Crippen molar-refractivity contribution in [2.24, 2.45) is 5.84 Å².